The van der Waals surface area contributed by atoms with Gasteiger partial charge in [-0.1, -0.05) is 12.1 Å². The first kappa shape index (κ1) is 18.1. The normalized spacial score (nSPS) is 23.5. The molecule has 5 rings (SSSR count). The molecule has 3 aliphatic rings. The number of hydrogen-bond donors (Lipinski definition) is 1. The lowest BCUT2D eigenvalue weighted by Gasteiger charge is -2.32. The Bertz CT molecular complexity index is 975. The van der Waals surface area contributed by atoms with Crippen molar-refractivity contribution in [3.63, 3.8) is 0 Å². The Morgan fingerprint density at radius 1 is 1.10 bits per heavy atom. The maximum atomic E-state index is 13.9. The average Bonchev–Trinajstić information content (AvgIpc) is 3.28. The summed E-state index contributed by atoms with van der Waals surface area (Å²) in [5, 5.41) is 2.90. The summed E-state index contributed by atoms with van der Waals surface area (Å²) in [6, 6.07) is 11.8. The number of hydrogen-bond acceptors (Lipinski definition) is 4. The lowest BCUT2D eigenvalue weighted by molar-refractivity contribution is 0.102. The zero-order valence-electron chi connectivity index (χ0n) is 16.7. The van der Waals surface area contributed by atoms with Crippen LogP contribution in [0, 0.1) is 0 Å². The van der Waals surface area contributed by atoms with Crippen molar-refractivity contribution < 1.29 is 9.59 Å². The van der Waals surface area contributed by atoms with Crippen LogP contribution < -0.4 is 10.2 Å². The highest BCUT2D eigenvalue weighted by molar-refractivity contribution is 6.16. The number of carbonyl (C=O) groups excluding carboxylic acids is 2. The molecule has 0 saturated carbocycles. The van der Waals surface area contributed by atoms with Crippen LogP contribution in [-0.4, -0.2) is 57.9 Å². The zero-order valence-corrected chi connectivity index (χ0v) is 16.7. The molecule has 0 spiro atoms. The van der Waals surface area contributed by atoms with Gasteiger partial charge in [-0.2, -0.15) is 0 Å². The van der Waals surface area contributed by atoms with Gasteiger partial charge in [0.1, 0.15) is 0 Å². The van der Waals surface area contributed by atoms with Gasteiger partial charge in [0.05, 0.1) is 23.0 Å². The van der Waals surface area contributed by atoms with Crippen LogP contribution in [0.5, 0.6) is 0 Å². The van der Waals surface area contributed by atoms with Gasteiger partial charge in [0.25, 0.3) is 5.91 Å². The number of fused-ring (bicyclic) bond motifs is 3. The number of rotatable bonds is 1. The van der Waals surface area contributed by atoms with Crippen molar-refractivity contribution in [3.8, 4) is 0 Å². The highest BCUT2D eigenvalue weighted by Gasteiger charge is 2.47. The van der Waals surface area contributed by atoms with Crippen LogP contribution in [0.15, 0.2) is 42.6 Å². The van der Waals surface area contributed by atoms with E-state index in [1.54, 1.807) is 29.3 Å². The molecule has 2 atom stereocenters. The van der Waals surface area contributed by atoms with Gasteiger partial charge in [0.15, 0.2) is 5.82 Å². The average molecular weight is 391 g/mol. The first-order valence-corrected chi connectivity index (χ1v) is 10.3. The fourth-order valence-corrected chi connectivity index (χ4v) is 5.06. The molecule has 2 saturated heterocycles. The number of benzene rings is 1. The van der Waals surface area contributed by atoms with Crippen molar-refractivity contribution in [2.45, 2.75) is 44.8 Å². The topological polar surface area (TPSA) is 68.8 Å². The largest absolute Gasteiger partial charge is 0.330 e. The molecule has 0 aliphatic carbocycles. The van der Waals surface area contributed by atoms with Gasteiger partial charge in [-0.25, -0.2) is 14.7 Å². The van der Waals surface area contributed by atoms with Crippen molar-refractivity contribution in [2.24, 2.45) is 0 Å². The molecule has 7 heteroatoms. The highest BCUT2D eigenvalue weighted by Crippen LogP contribution is 2.40. The smallest absolute Gasteiger partial charge is 0.319 e. The summed E-state index contributed by atoms with van der Waals surface area (Å²) in [5.41, 5.74) is 1.60. The molecule has 1 aromatic heterocycles. The number of pyridine rings is 1. The molecule has 150 valence electrons. The molecule has 3 amide bonds. The number of para-hydroxylation sites is 1. The zero-order chi connectivity index (χ0) is 20.1. The maximum absolute atomic E-state index is 13.9. The molecule has 2 fully saturated rings. The molecule has 2 aromatic rings. The molecule has 7 nitrogen and oxygen atoms in total. The summed E-state index contributed by atoms with van der Waals surface area (Å²) in [5.74, 6) is 0.245. The molecule has 3 aliphatic heterocycles. The van der Waals surface area contributed by atoms with Crippen molar-refractivity contribution in [2.75, 3.05) is 23.3 Å². The van der Waals surface area contributed by atoms with Crippen LogP contribution >= 0.6 is 0 Å². The van der Waals surface area contributed by atoms with E-state index in [0.29, 0.717) is 34.8 Å². The summed E-state index contributed by atoms with van der Waals surface area (Å²) in [4.78, 5) is 37.2. The van der Waals surface area contributed by atoms with Gasteiger partial charge >= 0.3 is 6.03 Å². The van der Waals surface area contributed by atoms with E-state index in [4.69, 9.17) is 0 Å². The van der Waals surface area contributed by atoms with Crippen LogP contribution in [0.3, 0.4) is 0 Å². The van der Waals surface area contributed by atoms with E-state index >= 15 is 0 Å². The number of likely N-dealkylation sites (tertiary alicyclic amines) is 2. The fraction of sp³-hybridized carbons (Fsp3) is 0.409. The molecular weight excluding hydrogens is 366 g/mol. The van der Waals surface area contributed by atoms with Crippen molar-refractivity contribution >= 4 is 29.1 Å². The van der Waals surface area contributed by atoms with Crippen LogP contribution in [0.1, 0.15) is 37.0 Å². The fourth-order valence-electron chi connectivity index (χ4n) is 5.06. The Labute approximate surface area is 170 Å². The van der Waals surface area contributed by atoms with Gasteiger partial charge in [-0.05, 0) is 51.0 Å². The molecule has 0 radical (unpaired) electrons. The number of aromatic nitrogens is 1. The Balaban J connectivity index is 1.56. The lowest BCUT2D eigenvalue weighted by atomic mass is 10.1. The summed E-state index contributed by atoms with van der Waals surface area (Å²) in [6.45, 7) is 6.17. The summed E-state index contributed by atoms with van der Waals surface area (Å²) < 4.78 is 0. The van der Waals surface area contributed by atoms with E-state index in [0.717, 1.165) is 25.9 Å². The van der Waals surface area contributed by atoms with E-state index < -0.39 is 0 Å². The Morgan fingerprint density at radius 3 is 2.72 bits per heavy atom. The number of nitrogens with one attached hydrogen (secondary N) is 1. The summed E-state index contributed by atoms with van der Waals surface area (Å²) in [7, 11) is 0. The van der Waals surface area contributed by atoms with E-state index in [9.17, 15) is 9.59 Å². The molecule has 0 bridgehead atoms. The molecule has 1 N–H and O–H groups in total. The minimum atomic E-state index is -0.226. The van der Waals surface area contributed by atoms with E-state index in [2.05, 4.69) is 29.0 Å². The number of urea groups is 1. The summed E-state index contributed by atoms with van der Waals surface area (Å²) >= 11 is 0. The standard InChI is InChI=1S/C22H25N5O2/c1-14(2)25-12-9-19-18(25)10-13-26(19)22(29)27-17-8-4-3-6-15(17)21(28)24-16-7-5-11-23-20(16)27/h3-8,11,14,18-19H,9-10,12-13H2,1-2H3,(H,24,28). The minimum Gasteiger partial charge on any atom is -0.319 e. The molecule has 4 heterocycles. The Kier molecular flexibility index (Phi) is 4.28. The highest BCUT2D eigenvalue weighted by atomic mass is 16.2. The van der Waals surface area contributed by atoms with Crippen molar-refractivity contribution in [3.05, 3.63) is 48.2 Å². The predicted molar refractivity (Wildman–Crippen MR) is 112 cm³/mol. The third kappa shape index (κ3) is 2.80. The second kappa shape index (κ2) is 6.84. The lowest BCUT2D eigenvalue weighted by Crippen LogP contribution is -2.46. The number of carbonyl (C=O) groups is 2. The van der Waals surface area contributed by atoms with E-state index in [1.165, 1.54) is 0 Å². The van der Waals surface area contributed by atoms with Crippen LogP contribution in [0.25, 0.3) is 0 Å². The van der Waals surface area contributed by atoms with Crippen molar-refractivity contribution in [1.29, 1.82) is 0 Å². The van der Waals surface area contributed by atoms with Crippen molar-refractivity contribution in [1.82, 2.24) is 14.8 Å². The predicted octanol–water partition coefficient (Wildman–Crippen LogP) is 3.46. The van der Waals surface area contributed by atoms with Gasteiger partial charge in [-0.15, -0.1) is 0 Å². The van der Waals surface area contributed by atoms with E-state index in [-0.39, 0.29) is 18.0 Å². The molecule has 1 aromatic carbocycles. The first-order valence-electron chi connectivity index (χ1n) is 10.3. The monoisotopic (exact) mass is 391 g/mol. The number of anilines is 3. The third-order valence-electron chi connectivity index (χ3n) is 6.36. The maximum Gasteiger partial charge on any atom is 0.330 e. The van der Waals surface area contributed by atoms with Gasteiger partial charge in [0, 0.05) is 31.4 Å². The van der Waals surface area contributed by atoms with Crippen LogP contribution in [0.4, 0.5) is 22.0 Å². The van der Waals surface area contributed by atoms with Gasteiger partial charge in [-0.3, -0.25) is 9.69 Å². The molecule has 29 heavy (non-hydrogen) atoms. The van der Waals surface area contributed by atoms with Crippen LogP contribution in [-0.2, 0) is 0 Å². The second-order valence-electron chi connectivity index (χ2n) is 8.20. The SMILES string of the molecule is CC(C)N1CCC2C1CCN2C(=O)N1c2ccccc2C(=O)Nc2cccnc21. The van der Waals surface area contributed by atoms with E-state index in [1.807, 2.05) is 23.1 Å². The third-order valence-corrected chi connectivity index (χ3v) is 6.36. The number of nitrogens with zero attached hydrogens (tertiary/aromatic N) is 4. The Morgan fingerprint density at radius 2 is 1.90 bits per heavy atom. The van der Waals surface area contributed by atoms with Gasteiger partial charge in [0.2, 0.25) is 0 Å². The molecule has 2 unspecified atom stereocenters. The quantitative estimate of drug-likeness (QED) is 0.808. The summed E-state index contributed by atoms with van der Waals surface area (Å²) in [6.07, 6.45) is 3.62. The minimum absolute atomic E-state index is 0.105. The second-order valence-corrected chi connectivity index (χ2v) is 8.20. The number of amides is 3. The van der Waals surface area contributed by atoms with Crippen LogP contribution in [0.2, 0.25) is 0 Å². The van der Waals surface area contributed by atoms with Gasteiger partial charge < -0.3 is 10.2 Å². The Hall–Kier alpha value is -2.93. The first-order chi connectivity index (χ1) is 14.1. The molecular formula is C22H25N5O2.